The van der Waals surface area contributed by atoms with Gasteiger partial charge in [-0.3, -0.25) is 0 Å². The average molecular weight is 183 g/mol. The fourth-order valence-electron chi connectivity index (χ4n) is 0.620. The molecule has 0 bridgehead atoms. The van der Waals surface area contributed by atoms with Crippen LogP contribution in [0.5, 0.6) is 5.88 Å². The molecule has 62 valence electrons. The molecule has 12 heavy (non-hydrogen) atoms. The highest BCUT2D eigenvalue weighted by Gasteiger charge is 1.91. The minimum Gasteiger partial charge on any atom is -0.480 e. The third-order valence-corrected chi connectivity index (χ3v) is 1.27. The maximum absolute atomic E-state index is 5.36. The molecule has 0 spiro atoms. The first-order valence-corrected chi connectivity index (χ1v) is 3.83. The molecule has 0 aliphatic rings. The Bertz CT molecular complexity index is 299. The minimum atomic E-state index is 0.299. The predicted molar refractivity (Wildman–Crippen MR) is 46.2 cm³/mol. The second-order valence-corrected chi connectivity index (χ2v) is 2.16. The molecule has 1 aromatic rings. The second-order valence-electron chi connectivity index (χ2n) is 1.90. The summed E-state index contributed by atoms with van der Waals surface area (Å²) in [5.41, 5.74) is 0.594. The Labute approximate surface area is 75.7 Å². The smallest absolute Gasteiger partial charge is 0.233 e. The molecule has 0 fully saturated rings. The SMILES string of the molecule is COc1ccc(C#CCCl)nn1. The first-order chi connectivity index (χ1) is 5.86. The minimum absolute atomic E-state index is 0.299. The molecule has 3 nitrogen and oxygen atoms in total. The van der Waals surface area contributed by atoms with Crippen molar-refractivity contribution >= 4 is 11.6 Å². The number of methoxy groups -OCH3 is 1. The lowest BCUT2D eigenvalue weighted by molar-refractivity contribution is 0.391. The van der Waals surface area contributed by atoms with Crippen molar-refractivity contribution in [3.8, 4) is 17.7 Å². The van der Waals surface area contributed by atoms with Gasteiger partial charge in [0.05, 0.1) is 13.0 Å². The van der Waals surface area contributed by atoms with E-state index in [2.05, 4.69) is 22.0 Å². The fourth-order valence-corrected chi connectivity index (χ4v) is 0.686. The van der Waals surface area contributed by atoms with Crippen molar-refractivity contribution in [1.29, 1.82) is 0 Å². The van der Waals surface area contributed by atoms with E-state index in [0.717, 1.165) is 0 Å². The van der Waals surface area contributed by atoms with Crippen LogP contribution in [0.1, 0.15) is 5.69 Å². The van der Waals surface area contributed by atoms with Crippen LogP contribution >= 0.6 is 11.6 Å². The molecule has 0 unspecified atom stereocenters. The zero-order valence-electron chi connectivity index (χ0n) is 6.54. The van der Waals surface area contributed by atoms with E-state index in [1.807, 2.05) is 0 Å². The standard InChI is InChI=1S/C8H7ClN2O/c1-12-8-5-4-7(10-11-8)3-2-6-9/h4-5H,6H2,1H3. The van der Waals surface area contributed by atoms with Gasteiger partial charge in [0, 0.05) is 6.07 Å². The Balaban J connectivity index is 2.78. The highest BCUT2D eigenvalue weighted by atomic mass is 35.5. The van der Waals surface area contributed by atoms with Gasteiger partial charge in [-0.15, -0.1) is 21.8 Å². The van der Waals surface area contributed by atoms with Crippen LogP contribution in [-0.2, 0) is 0 Å². The van der Waals surface area contributed by atoms with E-state index in [-0.39, 0.29) is 0 Å². The lowest BCUT2D eigenvalue weighted by Gasteiger charge is -1.94. The molecule has 0 saturated carbocycles. The van der Waals surface area contributed by atoms with Crippen LogP contribution in [0.25, 0.3) is 0 Å². The summed E-state index contributed by atoms with van der Waals surface area (Å²) < 4.78 is 4.83. The maximum atomic E-state index is 5.36. The van der Waals surface area contributed by atoms with Crippen LogP contribution in [0.15, 0.2) is 12.1 Å². The Morgan fingerprint density at radius 1 is 1.50 bits per heavy atom. The first kappa shape index (κ1) is 8.82. The molecule has 4 heteroatoms. The van der Waals surface area contributed by atoms with Crippen LogP contribution in [0.4, 0.5) is 0 Å². The number of alkyl halides is 1. The summed E-state index contributed by atoms with van der Waals surface area (Å²) in [7, 11) is 1.54. The highest BCUT2D eigenvalue weighted by molar-refractivity contribution is 6.19. The zero-order valence-corrected chi connectivity index (χ0v) is 7.30. The van der Waals surface area contributed by atoms with E-state index < -0.39 is 0 Å². The van der Waals surface area contributed by atoms with Gasteiger partial charge in [-0.2, -0.15) is 0 Å². The monoisotopic (exact) mass is 182 g/mol. The second kappa shape index (κ2) is 4.58. The average Bonchev–Trinajstić information content (AvgIpc) is 2.15. The van der Waals surface area contributed by atoms with Crippen molar-refractivity contribution in [3.63, 3.8) is 0 Å². The largest absolute Gasteiger partial charge is 0.480 e. The summed E-state index contributed by atoms with van der Waals surface area (Å²) >= 11 is 5.36. The quantitative estimate of drug-likeness (QED) is 0.482. The van der Waals surface area contributed by atoms with Crippen LogP contribution in [0, 0.1) is 11.8 Å². The van der Waals surface area contributed by atoms with Gasteiger partial charge in [0.15, 0.2) is 0 Å². The summed E-state index contributed by atoms with van der Waals surface area (Å²) in [6.45, 7) is 0. The molecule has 0 atom stereocenters. The Morgan fingerprint density at radius 2 is 2.33 bits per heavy atom. The normalized spacial score (nSPS) is 8.50. The number of hydrogen-bond acceptors (Lipinski definition) is 3. The Kier molecular flexibility index (Phi) is 3.36. The van der Waals surface area contributed by atoms with Crippen LogP contribution in [-0.4, -0.2) is 23.2 Å². The molecule has 0 saturated heterocycles. The molecule has 1 aromatic heterocycles. The molecule has 0 aliphatic heterocycles. The third kappa shape index (κ3) is 2.40. The number of hydrogen-bond donors (Lipinski definition) is 0. The number of rotatable bonds is 1. The van der Waals surface area contributed by atoms with Crippen molar-refractivity contribution in [1.82, 2.24) is 10.2 Å². The molecule has 0 radical (unpaired) electrons. The van der Waals surface area contributed by atoms with Gasteiger partial charge in [-0.05, 0) is 12.0 Å². The van der Waals surface area contributed by atoms with E-state index in [1.54, 1.807) is 12.1 Å². The van der Waals surface area contributed by atoms with Gasteiger partial charge >= 0.3 is 0 Å². The summed E-state index contributed by atoms with van der Waals surface area (Å²) in [5, 5.41) is 7.51. The number of aromatic nitrogens is 2. The molecule has 0 N–H and O–H groups in total. The predicted octanol–water partition coefficient (Wildman–Crippen LogP) is 1.08. The van der Waals surface area contributed by atoms with Crippen molar-refractivity contribution in [3.05, 3.63) is 17.8 Å². The van der Waals surface area contributed by atoms with Crippen LogP contribution < -0.4 is 4.74 Å². The number of ether oxygens (including phenoxy) is 1. The van der Waals surface area contributed by atoms with Crippen molar-refractivity contribution in [2.75, 3.05) is 13.0 Å². The number of nitrogens with zero attached hydrogens (tertiary/aromatic N) is 2. The Morgan fingerprint density at radius 3 is 2.83 bits per heavy atom. The van der Waals surface area contributed by atoms with E-state index >= 15 is 0 Å². The molecule has 0 aliphatic carbocycles. The van der Waals surface area contributed by atoms with Crippen LogP contribution in [0.2, 0.25) is 0 Å². The highest BCUT2D eigenvalue weighted by Crippen LogP contribution is 2.01. The van der Waals surface area contributed by atoms with Gasteiger partial charge in [0.2, 0.25) is 5.88 Å². The molecule has 0 amide bonds. The van der Waals surface area contributed by atoms with Crippen molar-refractivity contribution in [2.24, 2.45) is 0 Å². The summed E-state index contributed by atoms with van der Waals surface area (Å²) in [6, 6.07) is 3.43. The molecular formula is C8H7ClN2O. The van der Waals surface area contributed by atoms with E-state index in [1.165, 1.54) is 7.11 Å². The van der Waals surface area contributed by atoms with Gasteiger partial charge in [0.25, 0.3) is 0 Å². The number of halogens is 1. The van der Waals surface area contributed by atoms with Crippen LogP contribution in [0.3, 0.4) is 0 Å². The van der Waals surface area contributed by atoms with Crippen molar-refractivity contribution < 1.29 is 4.74 Å². The lowest BCUT2D eigenvalue weighted by Crippen LogP contribution is -1.91. The first-order valence-electron chi connectivity index (χ1n) is 3.29. The molecular weight excluding hydrogens is 176 g/mol. The third-order valence-electron chi connectivity index (χ3n) is 1.13. The van der Waals surface area contributed by atoms with Crippen molar-refractivity contribution in [2.45, 2.75) is 0 Å². The van der Waals surface area contributed by atoms with Gasteiger partial charge in [0.1, 0.15) is 5.69 Å². The summed E-state index contributed by atoms with van der Waals surface area (Å²) in [5.74, 6) is 6.19. The van der Waals surface area contributed by atoms with Gasteiger partial charge < -0.3 is 4.74 Å². The molecule has 1 heterocycles. The van der Waals surface area contributed by atoms with E-state index in [9.17, 15) is 0 Å². The summed E-state index contributed by atoms with van der Waals surface area (Å²) in [6.07, 6.45) is 0. The maximum Gasteiger partial charge on any atom is 0.233 e. The Hall–Kier alpha value is -1.27. The summed E-state index contributed by atoms with van der Waals surface area (Å²) in [4.78, 5) is 0. The molecule has 0 aromatic carbocycles. The van der Waals surface area contributed by atoms with Gasteiger partial charge in [-0.1, -0.05) is 5.92 Å². The zero-order chi connectivity index (χ0) is 8.81. The topological polar surface area (TPSA) is 35.0 Å². The fraction of sp³-hybridized carbons (Fsp3) is 0.250. The lowest BCUT2D eigenvalue weighted by atomic mass is 10.4. The van der Waals surface area contributed by atoms with Gasteiger partial charge in [-0.25, -0.2) is 0 Å². The molecule has 1 rings (SSSR count). The van der Waals surface area contributed by atoms with E-state index in [4.69, 9.17) is 16.3 Å². The van der Waals surface area contributed by atoms with E-state index in [0.29, 0.717) is 17.5 Å².